The number of hydrogen-bond acceptors (Lipinski definition) is 7. The van der Waals surface area contributed by atoms with Gasteiger partial charge in [-0.3, -0.25) is 19.4 Å². The number of allylic oxidation sites excluding steroid dienone is 1. The fourth-order valence-corrected chi connectivity index (χ4v) is 9.69. The monoisotopic (exact) mass is 755 g/mol. The number of nitrogens with zero attached hydrogens (tertiary/aromatic N) is 5. The Morgan fingerprint density at radius 2 is 1.73 bits per heavy atom. The molecule has 3 saturated carbocycles. The number of amides is 1. The van der Waals surface area contributed by atoms with Crippen molar-refractivity contribution in [2.75, 3.05) is 40.4 Å². The Bertz CT molecular complexity index is 2200. The van der Waals surface area contributed by atoms with Crippen LogP contribution in [0.3, 0.4) is 0 Å². The first kappa shape index (κ1) is 37.3. The van der Waals surface area contributed by atoms with E-state index in [2.05, 4.69) is 15.9 Å². The second-order valence-corrected chi connectivity index (χ2v) is 16.6. The number of aromatic nitrogens is 1. The number of carbonyl (C=O) groups is 1. The molecule has 4 fully saturated rings. The Balaban J connectivity index is 0.964. The van der Waals surface area contributed by atoms with Gasteiger partial charge in [-0.25, -0.2) is 0 Å². The Morgan fingerprint density at radius 3 is 2.33 bits per heavy atom. The molecule has 3 aromatic rings. The molecular formula is C43H48F3N5O4. The number of alkyl halides is 3. The van der Waals surface area contributed by atoms with Crippen molar-refractivity contribution in [2.24, 2.45) is 17.9 Å². The smallest absolute Gasteiger partial charge is 0.395 e. The Labute approximate surface area is 319 Å². The van der Waals surface area contributed by atoms with Crippen molar-refractivity contribution in [3.05, 3.63) is 91.9 Å². The van der Waals surface area contributed by atoms with E-state index in [1.54, 1.807) is 30.7 Å². The number of fused-ring (bicyclic) bond motifs is 2. The lowest BCUT2D eigenvalue weighted by atomic mass is 9.88. The molecule has 9 nitrogen and oxygen atoms in total. The van der Waals surface area contributed by atoms with Gasteiger partial charge in [0, 0.05) is 74.6 Å². The minimum absolute atomic E-state index is 0.0109. The zero-order valence-electron chi connectivity index (χ0n) is 32.4. The van der Waals surface area contributed by atoms with Crippen LogP contribution >= 0.6 is 0 Å². The molecule has 2 aromatic carbocycles. The Kier molecular flexibility index (Phi) is 8.81. The highest BCUT2D eigenvalue weighted by Crippen LogP contribution is 2.91. The maximum absolute atomic E-state index is 13.6. The Morgan fingerprint density at radius 1 is 1.04 bits per heavy atom. The van der Waals surface area contributed by atoms with Gasteiger partial charge >= 0.3 is 6.18 Å². The molecule has 1 unspecified atom stereocenters. The van der Waals surface area contributed by atoms with Gasteiger partial charge in [0.2, 0.25) is 0 Å². The van der Waals surface area contributed by atoms with Crippen molar-refractivity contribution in [3.63, 3.8) is 0 Å². The number of pyridine rings is 1. The normalized spacial score (nSPS) is 25.6. The highest BCUT2D eigenvalue weighted by atomic mass is 19.4. The van der Waals surface area contributed by atoms with Crippen LogP contribution in [0.5, 0.6) is 11.5 Å². The second kappa shape index (κ2) is 13.0. The lowest BCUT2D eigenvalue weighted by Crippen LogP contribution is -2.54. The second-order valence-electron chi connectivity index (χ2n) is 16.6. The number of piperazine rings is 1. The molecule has 0 bridgehead atoms. The molecule has 5 aliphatic rings. The average Bonchev–Trinajstić information content (AvgIpc) is 4.11. The summed E-state index contributed by atoms with van der Waals surface area (Å²) in [5.41, 5.74) is 5.08. The van der Waals surface area contributed by atoms with E-state index in [9.17, 15) is 28.0 Å². The fourth-order valence-electron chi connectivity index (χ4n) is 9.69. The third kappa shape index (κ3) is 5.97. The van der Waals surface area contributed by atoms with Crippen molar-refractivity contribution in [1.82, 2.24) is 19.3 Å². The van der Waals surface area contributed by atoms with Crippen LogP contribution in [0, 0.1) is 36.0 Å². The molecule has 1 aromatic heterocycles. The SMILES string of the molecule is COc1cc(-c2cn(C)c(=O)c(C)c2C)cc(OC)c1CN1CCN(Cc2cccc3c2CCN(C(=O)/C(C#N)=C/C24CC2(C(F)(F)F)C4)C3C)C2(CC2)C1. The molecule has 1 saturated heterocycles. The van der Waals surface area contributed by atoms with Crippen LogP contribution in [0.1, 0.15) is 72.0 Å². The molecule has 8 rings (SSSR count). The summed E-state index contributed by atoms with van der Waals surface area (Å²) in [6.07, 6.45) is 1.64. The molecular weight excluding hydrogens is 707 g/mol. The summed E-state index contributed by atoms with van der Waals surface area (Å²) < 4.78 is 54.2. The zero-order valence-corrected chi connectivity index (χ0v) is 32.4. The summed E-state index contributed by atoms with van der Waals surface area (Å²) in [5.74, 6) is 1.01. The zero-order chi connectivity index (χ0) is 39.2. The van der Waals surface area contributed by atoms with Crippen LogP contribution in [-0.4, -0.2) is 77.3 Å². The quantitative estimate of drug-likeness (QED) is 0.176. The minimum atomic E-state index is -4.31. The number of benzene rings is 2. The summed E-state index contributed by atoms with van der Waals surface area (Å²) in [6, 6.07) is 11.9. The van der Waals surface area contributed by atoms with E-state index >= 15 is 0 Å². The van der Waals surface area contributed by atoms with Crippen molar-refractivity contribution < 1.29 is 27.4 Å². The molecule has 3 aliphatic carbocycles. The summed E-state index contributed by atoms with van der Waals surface area (Å²) in [4.78, 5) is 32.9. The van der Waals surface area contributed by atoms with Gasteiger partial charge in [0.1, 0.15) is 23.1 Å². The van der Waals surface area contributed by atoms with E-state index in [1.165, 1.54) is 17.2 Å². The van der Waals surface area contributed by atoms with Gasteiger partial charge in [-0.15, -0.1) is 0 Å². The van der Waals surface area contributed by atoms with Gasteiger partial charge in [0.15, 0.2) is 0 Å². The van der Waals surface area contributed by atoms with Gasteiger partial charge in [0.05, 0.1) is 31.2 Å². The van der Waals surface area contributed by atoms with E-state index < -0.39 is 22.9 Å². The summed E-state index contributed by atoms with van der Waals surface area (Å²) in [6.45, 7) is 10.3. The standard InChI is InChI=1S/C43H48F3N5O4/c1-26-27(2)38(52)48(4)21-34(26)30-16-36(54-5)35(37(17-30)55-6)22-49-14-15-50(41(25-49)11-12-41)20-29-8-7-9-32-28(3)51(13-10-33(29)32)39(53)31(19-47)18-40-23-42(40,24-40)43(44,45)46/h7-9,16-18,21,28H,10-15,20,22-25H2,1-6H3/b31-18+. The van der Waals surface area contributed by atoms with Crippen molar-refractivity contribution in [3.8, 4) is 28.7 Å². The number of aryl methyl sites for hydroxylation is 1. The third-order valence-corrected chi connectivity index (χ3v) is 13.6. The molecule has 1 atom stereocenters. The summed E-state index contributed by atoms with van der Waals surface area (Å²) in [5, 5.41) is 9.85. The van der Waals surface area contributed by atoms with Gasteiger partial charge in [-0.05, 0) is 92.8 Å². The van der Waals surface area contributed by atoms with Gasteiger partial charge < -0.3 is 18.9 Å². The van der Waals surface area contributed by atoms with Crippen LogP contribution in [0.4, 0.5) is 13.2 Å². The molecule has 12 heteroatoms. The number of ether oxygens (including phenoxy) is 2. The number of carbonyl (C=O) groups excluding carboxylic acids is 1. The van der Waals surface area contributed by atoms with Crippen LogP contribution in [0.25, 0.3) is 11.1 Å². The lowest BCUT2D eigenvalue weighted by Gasteiger charge is -2.43. The Hall–Kier alpha value is -4.60. The predicted octanol–water partition coefficient (Wildman–Crippen LogP) is 6.77. The van der Waals surface area contributed by atoms with Crippen LogP contribution in [0.15, 0.2) is 53.0 Å². The van der Waals surface area contributed by atoms with Crippen LogP contribution in [-0.2, 0) is 31.4 Å². The van der Waals surface area contributed by atoms with E-state index in [0.29, 0.717) is 25.1 Å². The summed E-state index contributed by atoms with van der Waals surface area (Å²) in [7, 11) is 5.13. The summed E-state index contributed by atoms with van der Waals surface area (Å²) >= 11 is 0. The maximum Gasteiger partial charge on any atom is 0.395 e. The average molecular weight is 756 g/mol. The fraction of sp³-hybridized carbons (Fsp3) is 0.512. The van der Waals surface area contributed by atoms with E-state index in [-0.39, 0.29) is 35.6 Å². The first-order chi connectivity index (χ1) is 26.1. The third-order valence-electron chi connectivity index (χ3n) is 13.6. The molecule has 0 radical (unpaired) electrons. The van der Waals surface area contributed by atoms with Gasteiger partial charge in [-0.1, -0.05) is 24.3 Å². The number of nitriles is 1. The molecule has 1 spiro atoms. The molecule has 1 amide bonds. The number of halogens is 3. The van der Waals surface area contributed by atoms with Crippen molar-refractivity contribution in [1.29, 1.82) is 5.26 Å². The van der Waals surface area contributed by atoms with Crippen LogP contribution < -0.4 is 15.0 Å². The van der Waals surface area contributed by atoms with E-state index in [1.807, 2.05) is 57.3 Å². The molecule has 2 aliphatic heterocycles. The highest BCUT2D eigenvalue weighted by Gasteiger charge is 2.92. The molecule has 290 valence electrons. The van der Waals surface area contributed by atoms with Crippen molar-refractivity contribution in [2.45, 2.75) is 83.7 Å². The van der Waals surface area contributed by atoms with E-state index in [0.717, 1.165) is 78.3 Å². The first-order valence-electron chi connectivity index (χ1n) is 19.1. The molecule has 55 heavy (non-hydrogen) atoms. The molecule has 3 heterocycles. The van der Waals surface area contributed by atoms with Crippen LogP contribution in [0.2, 0.25) is 0 Å². The van der Waals surface area contributed by atoms with Gasteiger partial charge in [0.25, 0.3) is 11.5 Å². The lowest BCUT2D eigenvalue weighted by molar-refractivity contribution is -0.168. The maximum atomic E-state index is 13.6. The first-order valence-corrected chi connectivity index (χ1v) is 19.1. The topological polar surface area (TPSA) is 91.0 Å². The number of hydrogen-bond donors (Lipinski definition) is 0. The van der Waals surface area contributed by atoms with Crippen molar-refractivity contribution >= 4 is 5.91 Å². The van der Waals surface area contributed by atoms with Gasteiger partial charge in [-0.2, -0.15) is 18.4 Å². The predicted molar refractivity (Wildman–Crippen MR) is 201 cm³/mol. The number of rotatable bonds is 9. The van der Waals surface area contributed by atoms with E-state index in [4.69, 9.17) is 9.47 Å². The molecule has 0 N–H and O–H groups in total. The minimum Gasteiger partial charge on any atom is -0.496 e. The largest absolute Gasteiger partial charge is 0.496 e. The number of methoxy groups -OCH3 is 2. The highest BCUT2D eigenvalue weighted by molar-refractivity contribution is 5.98.